The fourth-order valence-corrected chi connectivity index (χ4v) is 3.85. The highest BCUT2D eigenvalue weighted by molar-refractivity contribution is 7.18. The van der Waals surface area contributed by atoms with E-state index in [0.717, 1.165) is 40.0 Å². The number of amides is 1. The number of anilines is 1. The lowest BCUT2D eigenvalue weighted by molar-refractivity contribution is 0.102. The second-order valence-electron chi connectivity index (χ2n) is 6.62. The molecule has 0 saturated heterocycles. The van der Waals surface area contributed by atoms with E-state index in [4.69, 9.17) is 4.98 Å². The number of hydrogen-bond donors (Lipinski definition) is 1. The van der Waals surface area contributed by atoms with Crippen LogP contribution in [0.4, 0.5) is 5.13 Å². The van der Waals surface area contributed by atoms with Crippen molar-refractivity contribution in [3.63, 3.8) is 0 Å². The summed E-state index contributed by atoms with van der Waals surface area (Å²) in [7, 11) is 0. The summed E-state index contributed by atoms with van der Waals surface area (Å²) < 4.78 is 0. The van der Waals surface area contributed by atoms with Crippen LogP contribution in [-0.4, -0.2) is 21.1 Å². The van der Waals surface area contributed by atoms with E-state index in [1.54, 1.807) is 0 Å². The molecule has 0 radical (unpaired) electrons. The number of aromatic nitrogens is 3. The van der Waals surface area contributed by atoms with E-state index >= 15 is 0 Å². The number of nitrogens with one attached hydrogen (secondary N) is 1. The average molecular weight is 372 g/mol. The zero-order valence-electron chi connectivity index (χ0n) is 14.4. The third-order valence-corrected chi connectivity index (χ3v) is 5.53. The van der Waals surface area contributed by atoms with Gasteiger partial charge < -0.3 is 0 Å². The molecule has 1 aliphatic rings. The lowest BCUT2D eigenvalue weighted by Crippen LogP contribution is -2.13. The molecule has 0 aliphatic heterocycles. The monoisotopic (exact) mass is 372 g/mol. The molecule has 1 saturated carbocycles. The van der Waals surface area contributed by atoms with E-state index in [0.29, 0.717) is 16.6 Å². The van der Waals surface area contributed by atoms with Crippen molar-refractivity contribution in [2.75, 3.05) is 5.32 Å². The highest BCUT2D eigenvalue weighted by Crippen LogP contribution is 2.40. The van der Waals surface area contributed by atoms with Crippen LogP contribution in [0.3, 0.4) is 0 Å². The number of carbonyl (C=O) groups excluding carboxylic acids is 1. The molecular weight excluding hydrogens is 356 g/mol. The number of nitrogens with zero attached hydrogens (tertiary/aromatic N) is 3. The van der Waals surface area contributed by atoms with Crippen molar-refractivity contribution in [2.24, 2.45) is 0 Å². The van der Waals surface area contributed by atoms with Gasteiger partial charge in [-0.1, -0.05) is 59.9 Å². The number of hydrogen-bond acceptors (Lipinski definition) is 5. The van der Waals surface area contributed by atoms with Gasteiger partial charge in [0.25, 0.3) is 5.91 Å². The van der Waals surface area contributed by atoms with Gasteiger partial charge in [0.2, 0.25) is 5.13 Å². The second kappa shape index (κ2) is 6.55. The molecule has 2 aromatic heterocycles. The van der Waals surface area contributed by atoms with E-state index in [9.17, 15) is 4.79 Å². The van der Waals surface area contributed by atoms with Gasteiger partial charge in [0.1, 0.15) is 5.01 Å². The Morgan fingerprint density at radius 2 is 1.78 bits per heavy atom. The van der Waals surface area contributed by atoms with Crippen LogP contribution >= 0.6 is 11.3 Å². The van der Waals surface area contributed by atoms with Crippen LogP contribution in [0, 0.1) is 0 Å². The number of benzene rings is 2. The Kier molecular flexibility index (Phi) is 3.90. The smallest absolute Gasteiger partial charge is 0.258 e. The van der Waals surface area contributed by atoms with Crippen molar-refractivity contribution < 1.29 is 4.79 Å². The first-order valence-electron chi connectivity index (χ1n) is 8.88. The van der Waals surface area contributed by atoms with E-state index in [1.807, 2.05) is 60.7 Å². The molecule has 6 heteroatoms. The Labute approximate surface area is 160 Å². The Balaban J connectivity index is 1.47. The Morgan fingerprint density at radius 1 is 1.00 bits per heavy atom. The second-order valence-corrected chi connectivity index (χ2v) is 7.60. The number of fused-ring (bicyclic) bond motifs is 1. The molecule has 0 spiro atoms. The minimum Gasteiger partial charge on any atom is -0.296 e. The summed E-state index contributed by atoms with van der Waals surface area (Å²) >= 11 is 1.37. The fraction of sp³-hybridized carbons (Fsp3) is 0.143. The lowest BCUT2D eigenvalue weighted by atomic mass is 10.1. The molecule has 1 N–H and O–H groups in total. The third kappa shape index (κ3) is 3.19. The van der Waals surface area contributed by atoms with E-state index < -0.39 is 0 Å². The highest BCUT2D eigenvalue weighted by Gasteiger charge is 2.27. The molecule has 4 aromatic rings. The summed E-state index contributed by atoms with van der Waals surface area (Å²) in [6, 6.07) is 19.5. The first-order chi connectivity index (χ1) is 13.3. The zero-order chi connectivity index (χ0) is 18.2. The first-order valence-corrected chi connectivity index (χ1v) is 9.69. The van der Waals surface area contributed by atoms with Crippen LogP contribution < -0.4 is 5.32 Å². The summed E-state index contributed by atoms with van der Waals surface area (Å²) in [5.41, 5.74) is 3.48. The van der Waals surface area contributed by atoms with Crippen molar-refractivity contribution >= 4 is 33.3 Å². The van der Waals surface area contributed by atoms with Crippen LogP contribution in [0.25, 0.3) is 21.5 Å². The molecular formula is C21H16N4OS. The molecule has 0 bridgehead atoms. The van der Waals surface area contributed by atoms with Crippen molar-refractivity contribution in [1.82, 2.24) is 15.2 Å². The van der Waals surface area contributed by atoms with Gasteiger partial charge in [-0.3, -0.25) is 15.1 Å². The zero-order valence-corrected chi connectivity index (χ0v) is 15.2. The minimum atomic E-state index is -0.175. The molecule has 2 aromatic carbocycles. The standard InChI is InChI=1S/C21H16N4OS/c26-19(23-21-25-24-20(27-21)14-6-2-1-3-7-14)16-12-18(13-10-11-13)22-17-9-5-4-8-15(16)17/h1-9,12-13H,10-11H2,(H,23,25,26). The van der Waals surface area contributed by atoms with Gasteiger partial charge in [0.05, 0.1) is 11.1 Å². The van der Waals surface area contributed by atoms with Gasteiger partial charge >= 0.3 is 0 Å². The van der Waals surface area contributed by atoms with Gasteiger partial charge in [-0.15, -0.1) is 10.2 Å². The van der Waals surface area contributed by atoms with Gasteiger partial charge in [0, 0.05) is 22.6 Å². The predicted octanol–water partition coefficient (Wildman–Crippen LogP) is 4.88. The average Bonchev–Trinajstić information content (AvgIpc) is 3.47. The fourth-order valence-electron chi connectivity index (χ4n) is 3.11. The minimum absolute atomic E-state index is 0.175. The molecule has 1 aliphatic carbocycles. The van der Waals surface area contributed by atoms with Crippen molar-refractivity contribution in [3.8, 4) is 10.6 Å². The van der Waals surface area contributed by atoms with Crippen LogP contribution in [0.2, 0.25) is 0 Å². The van der Waals surface area contributed by atoms with Crippen molar-refractivity contribution in [2.45, 2.75) is 18.8 Å². The van der Waals surface area contributed by atoms with E-state index in [1.165, 1.54) is 11.3 Å². The SMILES string of the molecule is O=C(Nc1nnc(-c2ccccc2)s1)c1cc(C2CC2)nc2ccccc12. The van der Waals surface area contributed by atoms with Crippen LogP contribution in [0.15, 0.2) is 60.7 Å². The van der Waals surface area contributed by atoms with Crippen LogP contribution in [0.5, 0.6) is 0 Å². The topological polar surface area (TPSA) is 67.8 Å². The third-order valence-electron chi connectivity index (χ3n) is 4.64. The molecule has 0 unspecified atom stereocenters. The molecule has 2 heterocycles. The normalized spacial score (nSPS) is 13.6. The van der Waals surface area contributed by atoms with Gasteiger partial charge in [0.15, 0.2) is 0 Å². The summed E-state index contributed by atoms with van der Waals surface area (Å²) in [4.78, 5) is 17.7. The van der Waals surface area contributed by atoms with Gasteiger partial charge in [-0.05, 0) is 25.0 Å². The molecule has 132 valence electrons. The lowest BCUT2D eigenvalue weighted by Gasteiger charge is -2.08. The number of pyridine rings is 1. The van der Waals surface area contributed by atoms with E-state index in [2.05, 4.69) is 15.5 Å². The van der Waals surface area contributed by atoms with Gasteiger partial charge in [-0.2, -0.15) is 0 Å². The number of carbonyl (C=O) groups is 1. The summed E-state index contributed by atoms with van der Waals surface area (Å²) in [5.74, 6) is 0.304. The summed E-state index contributed by atoms with van der Waals surface area (Å²) in [6.07, 6.45) is 2.28. The number of para-hydroxylation sites is 1. The first kappa shape index (κ1) is 16.1. The Hall–Kier alpha value is -3.12. The van der Waals surface area contributed by atoms with Crippen molar-refractivity contribution in [1.29, 1.82) is 0 Å². The maximum atomic E-state index is 13.0. The molecule has 0 atom stereocenters. The highest BCUT2D eigenvalue weighted by atomic mass is 32.1. The maximum Gasteiger partial charge on any atom is 0.258 e. The largest absolute Gasteiger partial charge is 0.296 e. The Morgan fingerprint density at radius 3 is 2.59 bits per heavy atom. The molecule has 5 nitrogen and oxygen atoms in total. The molecule has 1 amide bonds. The van der Waals surface area contributed by atoms with Gasteiger partial charge in [-0.25, -0.2) is 0 Å². The van der Waals surface area contributed by atoms with Crippen molar-refractivity contribution in [3.05, 3.63) is 71.9 Å². The molecule has 5 rings (SSSR count). The summed E-state index contributed by atoms with van der Waals surface area (Å²) in [6.45, 7) is 0. The van der Waals surface area contributed by atoms with E-state index in [-0.39, 0.29) is 5.91 Å². The molecule has 1 fully saturated rings. The van der Waals surface area contributed by atoms with Crippen LogP contribution in [0.1, 0.15) is 34.8 Å². The maximum absolute atomic E-state index is 13.0. The quantitative estimate of drug-likeness (QED) is 0.554. The number of rotatable bonds is 4. The molecule has 27 heavy (non-hydrogen) atoms. The predicted molar refractivity (Wildman–Crippen MR) is 107 cm³/mol. The summed E-state index contributed by atoms with van der Waals surface area (Å²) in [5, 5.41) is 13.4. The Bertz CT molecular complexity index is 1140. The van der Waals surface area contributed by atoms with Crippen LogP contribution in [-0.2, 0) is 0 Å².